The summed E-state index contributed by atoms with van der Waals surface area (Å²) < 4.78 is 1.10. The highest BCUT2D eigenvalue weighted by atomic mass is 32.1. The lowest BCUT2D eigenvalue weighted by atomic mass is 10.0. The number of carbonyl (C=O) groups excluding carboxylic acids is 1. The molecule has 20 heavy (non-hydrogen) atoms. The Hall–Kier alpha value is -1.55. The summed E-state index contributed by atoms with van der Waals surface area (Å²) in [7, 11) is 0. The second-order valence-electron chi connectivity index (χ2n) is 5.44. The summed E-state index contributed by atoms with van der Waals surface area (Å²) in [4.78, 5) is 13.0. The SMILES string of the molecule is CCC(C)C(C)NC(=O)c1sc2c(C)cccc2c1N. The molecule has 1 aromatic heterocycles. The van der Waals surface area contributed by atoms with Gasteiger partial charge in [0, 0.05) is 16.1 Å². The van der Waals surface area contributed by atoms with Crippen LogP contribution in [0.15, 0.2) is 18.2 Å². The van der Waals surface area contributed by atoms with Crippen molar-refractivity contribution in [3.8, 4) is 0 Å². The standard InChI is InChI=1S/C16H22N2OS/c1-5-9(2)11(4)18-16(19)15-13(17)12-8-6-7-10(3)14(12)20-15/h6-9,11H,5,17H2,1-4H3,(H,18,19). The van der Waals surface area contributed by atoms with Gasteiger partial charge in [-0.05, 0) is 25.3 Å². The summed E-state index contributed by atoms with van der Waals surface area (Å²) in [6.45, 7) is 8.36. The third-order valence-corrected chi connectivity index (χ3v) is 5.37. The minimum atomic E-state index is -0.0594. The average Bonchev–Trinajstić information content (AvgIpc) is 2.77. The molecule has 1 aromatic carbocycles. The molecular weight excluding hydrogens is 268 g/mol. The van der Waals surface area contributed by atoms with Gasteiger partial charge in [-0.2, -0.15) is 0 Å². The largest absolute Gasteiger partial charge is 0.397 e. The molecule has 0 aliphatic heterocycles. The van der Waals surface area contributed by atoms with Crippen LogP contribution in [0.5, 0.6) is 0 Å². The van der Waals surface area contributed by atoms with Gasteiger partial charge >= 0.3 is 0 Å². The lowest BCUT2D eigenvalue weighted by Gasteiger charge is -2.19. The van der Waals surface area contributed by atoms with E-state index in [9.17, 15) is 4.79 Å². The fourth-order valence-corrected chi connectivity index (χ4v) is 3.31. The summed E-state index contributed by atoms with van der Waals surface area (Å²) >= 11 is 1.48. The van der Waals surface area contributed by atoms with E-state index in [1.807, 2.05) is 32.0 Å². The quantitative estimate of drug-likeness (QED) is 0.895. The highest BCUT2D eigenvalue weighted by molar-refractivity contribution is 7.21. The van der Waals surface area contributed by atoms with Gasteiger partial charge in [0.2, 0.25) is 0 Å². The number of benzene rings is 1. The molecule has 0 saturated heterocycles. The molecule has 3 N–H and O–H groups in total. The Morgan fingerprint density at radius 3 is 2.70 bits per heavy atom. The van der Waals surface area contributed by atoms with E-state index in [0.717, 1.165) is 22.1 Å². The zero-order valence-corrected chi connectivity index (χ0v) is 13.3. The molecule has 1 amide bonds. The number of amides is 1. The Kier molecular flexibility index (Phi) is 4.33. The topological polar surface area (TPSA) is 55.1 Å². The maximum atomic E-state index is 12.4. The number of thiophene rings is 1. The van der Waals surface area contributed by atoms with Gasteiger partial charge in [-0.25, -0.2) is 0 Å². The fraction of sp³-hybridized carbons (Fsp3) is 0.438. The van der Waals surface area contributed by atoms with Crippen LogP contribution in [-0.4, -0.2) is 11.9 Å². The predicted molar refractivity (Wildman–Crippen MR) is 87.4 cm³/mol. The minimum Gasteiger partial charge on any atom is -0.397 e. The van der Waals surface area contributed by atoms with Crippen molar-refractivity contribution in [2.75, 3.05) is 5.73 Å². The summed E-state index contributed by atoms with van der Waals surface area (Å²) in [6, 6.07) is 6.15. The van der Waals surface area contributed by atoms with Crippen molar-refractivity contribution in [3.63, 3.8) is 0 Å². The maximum Gasteiger partial charge on any atom is 0.263 e. The zero-order chi connectivity index (χ0) is 14.9. The average molecular weight is 290 g/mol. The second-order valence-corrected chi connectivity index (χ2v) is 6.46. The fourth-order valence-electron chi connectivity index (χ4n) is 2.22. The predicted octanol–water partition coefficient (Wildman–Crippen LogP) is 3.96. The van der Waals surface area contributed by atoms with Gasteiger partial charge in [0.25, 0.3) is 5.91 Å². The molecule has 0 bridgehead atoms. The second kappa shape index (κ2) is 5.83. The van der Waals surface area contributed by atoms with Gasteiger partial charge in [0.15, 0.2) is 0 Å². The number of nitrogens with two attached hydrogens (primary N) is 1. The third kappa shape index (κ3) is 2.66. The van der Waals surface area contributed by atoms with Gasteiger partial charge in [-0.15, -0.1) is 11.3 Å². The first-order valence-electron chi connectivity index (χ1n) is 7.04. The molecule has 0 spiro atoms. The molecule has 0 aliphatic carbocycles. The van der Waals surface area contributed by atoms with Crippen LogP contribution >= 0.6 is 11.3 Å². The maximum absolute atomic E-state index is 12.4. The van der Waals surface area contributed by atoms with Crippen LogP contribution in [0.25, 0.3) is 10.1 Å². The zero-order valence-electron chi connectivity index (χ0n) is 12.5. The number of hydrogen-bond acceptors (Lipinski definition) is 3. The Balaban J connectivity index is 2.31. The smallest absolute Gasteiger partial charge is 0.263 e. The van der Waals surface area contributed by atoms with E-state index in [2.05, 4.69) is 19.2 Å². The van der Waals surface area contributed by atoms with E-state index in [1.165, 1.54) is 11.3 Å². The number of hydrogen-bond donors (Lipinski definition) is 2. The van der Waals surface area contributed by atoms with E-state index in [4.69, 9.17) is 5.73 Å². The van der Waals surface area contributed by atoms with Crippen LogP contribution in [-0.2, 0) is 0 Å². The molecule has 2 unspecified atom stereocenters. The number of nitrogen functional groups attached to an aromatic ring is 1. The van der Waals surface area contributed by atoms with Gasteiger partial charge in [0.1, 0.15) is 4.88 Å². The number of anilines is 1. The molecule has 2 atom stereocenters. The van der Waals surface area contributed by atoms with Crippen LogP contribution in [0.2, 0.25) is 0 Å². The number of fused-ring (bicyclic) bond motifs is 1. The lowest BCUT2D eigenvalue weighted by molar-refractivity contribution is 0.0933. The van der Waals surface area contributed by atoms with Gasteiger partial charge in [0.05, 0.1) is 5.69 Å². The molecule has 4 heteroatoms. The van der Waals surface area contributed by atoms with Crippen molar-refractivity contribution in [2.24, 2.45) is 5.92 Å². The molecule has 1 heterocycles. The van der Waals surface area contributed by atoms with Crippen LogP contribution in [0, 0.1) is 12.8 Å². The first kappa shape index (κ1) is 14.9. The Morgan fingerprint density at radius 2 is 2.10 bits per heavy atom. The Labute approximate surface area is 124 Å². The van der Waals surface area contributed by atoms with E-state index in [0.29, 0.717) is 16.5 Å². The minimum absolute atomic E-state index is 0.0594. The summed E-state index contributed by atoms with van der Waals surface area (Å²) in [5, 5.41) is 4.04. The molecule has 0 fully saturated rings. The number of aryl methyl sites for hydroxylation is 1. The van der Waals surface area contributed by atoms with Crippen molar-refractivity contribution >= 4 is 33.0 Å². The van der Waals surface area contributed by atoms with Crippen LogP contribution in [0.3, 0.4) is 0 Å². The summed E-state index contributed by atoms with van der Waals surface area (Å²) in [6.07, 6.45) is 1.04. The van der Waals surface area contributed by atoms with Crippen molar-refractivity contribution in [1.82, 2.24) is 5.32 Å². The molecule has 0 radical (unpaired) electrons. The molecule has 2 rings (SSSR count). The first-order valence-corrected chi connectivity index (χ1v) is 7.85. The van der Waals surface area contributed by atoms with E-state index < -0.39 is 0 Å². The molecular formula is C16H22N2OS. The van der Waals surface area contributed by atoms with E-state index >= 15 is 0 Å². The van der Waals surface area contributed by atoms with Crippen LogP contribution in [0.1, 0.15) is 42.4 Å². The van der Waals surface area contributed by atoms with Crippen LogP contribution < -0.4 is 11.1 Å². The molecule has 3 nitrogen and oxygen atoms in total. The Bertz CT molecular complexity index is 633. The lowest BCUT2D eigenvalue weighted by Crippen LogP contribution is -2.36. The van der Waals surface area contributed by atoms with Crippen molar-refractivity contribution in [1.29, 1.82) is 0 Å². The van der Waals surface area contributed by atoms with Gasteiger partial charge < -0.3 is 11.1 Å². The van der Waals surface area contributed by atoms with Crippen molar-refractivity contribution in [3.05, 3.63) is 28.6 Å². The van der Waals surface area contributed by atoms with Gasteiger partial charge in [-0.1, -0.05) is 38.5 Å². The first-order chi connectivity index (χ1) is 9.45. The summed E-state index contributed by atoms with van der Waals surface area (Å²) in [5.41, 5.74) is 7.90. The van der Waals surface area contributed by atoms with Gasteiger partial charge in [-0.3, -0.25) is 4.79 Å². The van der Waals surface area contributed by atoms with Crippen LogP contribution in [0.4, 0.5) is 5.69 Å². The monoisotopic (exact) mass is 290 g/mol. The number of nitrogens with one attached hydrogen (secondary N) is 1. The van der Waals surface area contributed by atoms with E-state index in [-0.39, 0.29) is 11.9 Å². The normalized spacial score (nSPS) is 14.2. The molecule has 0 aliphatic rings. The highest BCUT2D eigenvalue weighted by Crippen LogP contribution is 2.35. The number of rotatable bonds is 4. The van der Waals surface area contributed by atoms with Crippen molar-refractivity contribution in [2.45, 2.75) is 40.2 Å². The molecule has 108 valence electrons. The van der Waals surface area contributed by atoms with Crippen molar-refractivity contribution < 1.29 is 4.79 Å². The highest BCUT2D eigenvalue weighted by Gasteiger charge is 2.20. The summed E-state index contributed by atoms with van der Waals surface area (Å²) in [5.74, 6) is 0.396. The Morgan fingerprint density at radius 1 is 1.40 bits per heavy atom. The molecule has 0 saturated carbocycles. The third-order valence-electron chi connectivity index (χ3n) is 4.01. The number of carbonyl (C=O) groups is 1. The molecule has 2 aromatic rings. The van der Waals surface area contributed by atoms with E-state index in [1.54, 1.807) is 0 Å².